The molecule has 0 atom stereocenters. The predicted octanol–water partition coefficient (Wildman–Crippen LogP) is 2.41. The van der Waals surface area contributed by atoms with Crippen LogP contribution in [-0.4, -0.2) is 74.9 Å². The zero-order valence-corrected chi connectivity index (χ0v) is 18.1. The fourth-order valence-electron chi connectivity index (χ4n) is 3.39. The van der Waals surface area contributed by atoms with Gasteiger partial charge in [-0.15, -0.1) is 10.2 Å². The van der Waals surface area contributed by atoms with Crippen LogP contribution in [0.15, 0.2) is 18.3 Å². The number of piperazine rings is 1. The first kappa shape index (κ1) is 23.5. The van der Waals surface area contributed by atoms with E-state index in [9.17, 15) is 22.8 Å². The van der Waals surface area contributed by atoms with Crippen molar-refractivity contribution in [2.75, 3.05) is 33.3 Å². The molecule has 0 spiro atoms. The minimum Gasteiger partial charge on any atom is -0.480 e. The number of amides is 2. The molecule has 9 nitrogen and oxygen atoms in total. The molecule has 2 amide bonds. The smallest absolute Gasteiger partial charge is 0.434 e. The van der Waals surface area contributed by atoms with E-state index in [1.807, 2.05) is 13.8 Å². The first-order valence-corrected chi connectivity index (χ1v) is 10.2. The van der Waals surface area contributed by atoms with Crippen LogP contribution in [0.1, 0.15) is 42.7 Å². The Morgan fingerprint density at radius 3 is 2.28 bits per heavy atom. The summed E-state index contributed by atoms with van der Waals surface area (Å²) in [7, 11) is 1.35. The minimum atomic E-state index is -4.85. The van der Waals surface area contributed by atoms with Gasteiger partial charge in [-0.25, -0.2) is 4.68 Å². The maximum atomic E-state index is 13.9. The Morgan fingerprint density at radius 2 is 1.75 bits per heavy atom. The van der Waals surface area contributed by atoms with Gasteiger partial charge in [0.15, 0.2) is 11.5 Å². The maximum absolute atomic E-state index is 13.9. The molecule has 2 aromatic rings. The van der Waals surface area contributed by atoms with Gasteiger partial charge in [-0.1, -0.05) is 13.8 Å². The minimum absolute atomic E-state index is 0.00678. The molecule has 0 aliphatic carbocycles. The molecular formula is C20H25F3N6O3. The summed E-state index contributed by atoms with van der Waals surface area (Å²) in [4.78, 5) is 28.2. The van der Waals surface area contributed by atoms with Crippen LogP contribution in [0.5, 0.6) is 5.88 Å². The SMILES string of the molecule is COc1ccc(-n2ncc(C(=O)N3CCN(C(=O)CCC(C)C)CC3)c2C(F)(F)F)nn1. The molecule has 1 aliphatic rings. The third-order valence-electron chi connectivity index (χ3n) is 5.18. The summed E-state index contributed by atoms with van der Waals surface area (Å²) in [5.74, 6) is -0.467. The number of rotatable bonds is 6. The normalized spacial score (nSPS) is 14.7. The fourth-order valence-corrected chi connectivity index (χ4v) is 3.39. The van der Waals surface area contributed by atoms with Crippen LogP contribution in [0, 0.1) is 5.92 Å². The zero-order valence-electron chi connectivity index (χ0n) is 18.1. The first-order chi connectivity index (χ1) is 15.1. The summed E-state index contributed by atoms with van der Waals surface area (Å²) >= 11 is 0. The molecule has 0 aromatic carbocycles. The lowest BCUT2D eigenvalue weighted by molar-refractivity contribution is -0.143. The van der Waals surface area contributed by atoms with Crippen LogP contribution in [-0.2, 0) is 11.0 Å². The molecule has 0 saturated carbocycles. The number of aromatic nitrogens is 4. The van der Waals surface area contributed by atoms with Crippen LogP contribution in [0.4, 0.5) is 13.2 Å². The second-order valence-corrected chi connectivity index (χ2v) is 7.86. The summed E-state index contributed by atoms with van der Waals surface area (Å²) in [6.45, 7) is 4.91. The van der Waals surface area contributed by atoms with Crippen molar-refractivity contribution in [3.8, 4) is 11.7 Å². The summed E-state index contributed by atoms with van der Waals surface area (Å²) < 4.78 is 47.0. The van der Waals surface area contributed by atoms with E-state index in [0.29, 0.717) is 17.0 Å². The van der Waals surface area contributed by atoms with E-state index in [-0.39, 0.29) is 43.8 Å². The Hall–Kier alpha value is -3.18. The van der Waals surface area contributed by atoms with Gasteiger partial charge in [-0.05, 0) is 18.4 Å². The molecule has 0 unspecified atom stereocenters. The molecule has 2 aromatic heterocycles. The number of methoxy groups -OCH3 is 1. The summed E-state index contributed by atoms with van der Waals surface area (Å²) in [5, 5.41) is 11.1. The number of hydrogen-bond acceptors (Lipinski definition) is 6. The second-order valence-electron chi connectivity index (χ2n) is 7.86. The second kappa shape index (κ2) is 9.53. The molecule has 0 bridgehead atoms. The van der Waals surface area contributed by atoms with Crippen molar-refractivity contribution >= 4 is 11.8 Å². The summed E-state index contributed by atoms with van der Waals surface area (Å²) in [6, 6.07) is 2.62. The summed E-state index contributed by atoms with van der Waals surface area (Å²) in [6.07, 6.45) is -2.78. The molecule has 174 valence electrons. The number of carbonyl (C=O) groups is 2. The van der Waals surface area contributed by atoms with Crippen LogP contribution in [0.25, 0.3) is 5.82 Å². The Labute approximate surface area is 183 Å². The molecular weight excluding hydrogens is 429 g/mol. The third-order valence-corrected chi connectivity index (χ3v) is 5.18. The van der Waals surface area contributed by atoms with Gasteiger partial charge in [0.1, 0.15) is 0 Å². The highest BCUT2D eigenvalue weighted by atomic mass is 19.4. The number of ether oxygens (including phenoxy) is 1. The standard InChI is InChI=1S/C20H25F3N6O3/c1-13(2)4-7-17(30)27-8-10-28(11-9-27)19(31)14-12-24-29(18(14)20(21,22)23)15-5-6-16(32-3)26-25-15/h5-6,12-13H,4,7-11H2,1-3H3. The number of halogens is 3. The van der Waals surface area contributed by atoms with Crippen molar-refractivity contribution in [3.05, 3.63) is 29.6 Å². The zero-order chi connectivity index (χ0) is 23.5. The van der Waals surface area contributed by atoms with Crippen LogP contribution >= 0.6 is 0 Å². The lowest BCUT2D eigenvalue weighted by Crippen LogP contribution is -2.50. The van der Waals surface area contributed by atoms with Gasteiger partial charge in [0.2, 0.25) is 11.8 Å². The first-order valence-electron chi connectivity index (χ1n) is 10.2. The average molecular weight is 454 g/mol. The Morgan fingerprint density at radius 1 is 1.09 bits per heavy atom. The van der Waals surface area contributed by atoms with Gasteiger partial charge in [0.25, 0.3) is 5.91 Å². The fraction of sp³-hybridized carbons (Fsp3) is 0.550. The molecule has 1 saturated heterocycles. The van der Waals surface area contributed by atoms with E-state index < -0.39 is 23.3 Å². The highest BCUT2D eigenvalue weighted by Gasteiger charge is 2.42. The van der Waals surface area contributed by atoms with Crippen molar-refractivity contribution in [2.45, 2.75) is 32.9 Å². The summed E-state index contributed by atoms with van der Waals surface area (Å²) in [5.41, 5.74) is -1.80. The molecule has 1 aliphatic heterocycles. The predicted molar refractivity (Wildman–Crippen MR) is 107 cm³/mol. The molecule has 12 heteroatoms. The monoisotopic (exact) mass is 454 g/mol. The van der Waals surface area contributed by atoms with Gasteiger partial charge in [-0.2, -0.15) is 18.3 Å². The van der Waals surface area contributed by atoms with Gasteiger partial charge >= 0.3 is 6.18 Å². The Balaban J connectivity index is 1.77. The largest absolute Gasteiger partial charge is 0.480 e. The molecule has 3 heterocycles. The highest BCUT2D eigenvalue weighted by molar-refractivity contribution is 5.95. The van der Waals surface area contributed by atoms with Crippen molar-refractivity contribution < 1.29 is 27.5 Å². The van der Waals surface area contributed by atoms with E-state index in [1.54, 1.807) is 4.90 Å². The molecule has 0 N–H and O–H groups in total. The van der Waals surface area contributed by atoms with Crippen molar-refractivity contribution in [2.24, 2.45) is 5.92 Å². The van der Waals surface area contributed by atoms with Crippen molar-refractivity contribution in [1.82, 2.24) is 29.8 Å². The van der Waals surface area contributed by atoms with Gasteiger partial charge in [0, 0.05) is 38.7 Å². The average Bonchev–Trinajstić information content (AvgIpc) is 3.23. The Bertz CT molecular complexity index is 950. The lowest BCUT2D eigenvalue weighted by Gasteiger charge is -2.35. The van der Waals surface area contributed by atoms with E-state index in [1.165, 1.54) is 24.1 Å². The van der Waals surface area contributed by atoms with E-state index >= 15 is 0 Å². The molecule has 32 heavy (non-hydrogen) atoms. The third kappa shape index (κ3) is 5.17. The van der Waals surface area contributed by atoms with Gasteiger partial charge in [0.05, 0.1) is 18.9 Å². The lowest BCUT2D eigenvalue weighted by atomic mass is 10.1. The van der Waals surface area contributed by atoms with Crippen molar-refractivity contribution in [3.63, 3.8) is 0 Å². The van der Waals surface area contributed by atoms with E-state index in [2.05, 4.69) is 15.3 Å². The topological polar surface area (TPSA) is 93.5 Å². The quantitative estimate of drug-likeness (QED) is 0.666. The van der Waals surface area contributed by atoms with E-state index in [0.717, 1.165) is 12.6 Å². The molecule has 3 rings (SSSR count). The number of nitrogens with zero attached hydrogens (tertiary/aromatic N) is 6. The molecule has 1 fully saturated rings. The van der Waals surface area contributed by atoms with Crippen LogP contribution < -0.4 is 4.74 Å². The number of hydrogen-bond donors (Lipinski definition) is 0. The number of alkyl halides is 3. The van der Waals surface area contributed by atoms with Crippen LogP contribution in [0.2, 0.25) is 0 Å². The van der Waals surface area contributed by atoms with Crippen LogP contribution in [0.3, 0.4) is 0 Å². The molecule has 0 radical (unpaired) electrons. The highest BCUT2D eigenvalue weighted by Crippen LogP contribution is 2.34. The van der Waals surface area contributed by atoms with Gasteiger partial charge < -0.3 is 14.5 Å². The maximum Gasteiger partial charge on any atom is 0.434 e. The Kier molecular flexibility index (Phi) is 6.99. The van der Waals surface area contributed by atoms with E-state index in [4.69, 9.17) is 4.74 Å². The van der Waals surface area contributed by atoms with Crippen molar-refractivity contribution in [1.29, 1.82) is 0 Å². The van der Waals surface area contributed by atoms with Gasteiger partial charge in [-0.3, -0.25) is 9.59 Å². The number of carbonyl (C=O) groups excluding carboxylic acids is 2.